The molecule has 4 rings (SSSR count). The first-order valence-electron chi connectivity index (χ1n) is 9.77. The van der Waals surface area contributed by atoms with Gasteiger partial charge >= 0.3 is 0 Å². The van der Waals surface area contributed by atoms with Gasteiger partial charge in [0.15, 0.2) is 0 Å². The molecule has 0 unspecified atom stereocenters. The number of oxime groups is 1. The Morgan fingerprint density at radius 1 is 1.00 bits per heavy atom. The number of rotatable bonds is 6. The lowest BCUT2D eigenvalue weighted by molar-refractivity contribution is 0.130. The molecule has 4 aromatic rings. The molecule has 0 aliphatic rings. The molecule has 0 saturated carbocycles. The van der Waals surface area contributed by atoms with E-state index < -0.39 is 17.2 Å². The van der Waals surface area contributed by atoms with Gasteiger partial charge in [-0.15, -0.1) is 0 Å². The van der Waals surface area contributed by atoms with Gasteiger partial charge in [0.1, 0.15) is 29.1 Å². The van der Waals surface area contributed by atoms with Crippen molar-refractivity contribution in [3.63, 3.8) is 0 Å². The highest BCUT2D eigenvalue weighted by Gasteiger charge is 2.17. The Morgan fingerprint density at radius 2 is 1.76 bits per heavy atom. The van der Waals surface area contributed by atoms with Crippen molar-refractivity contribution in [3.05, 3.63) is 127 Å². The predicted molar refractivity (Wildman–Crippen MR) is 128 cm³/mol. The third-order valence-electron chi connectivity index (χ3n) is 4.72. The summed E-state index contributed by atoms with van der Waals surface area (Å²) in [5.74, 6) is -1.61. The topological polar surface area (TPSA) is 56.5 Å². The minimum Gasteiger partial charge on any atom is -0.390 e. The summed E-state index contributed by atoms with van der Waals surface area (Å²) in [6, 6.07) is 13.9. The van der Waals surface area contributed by atoms with Crippen molar-refractivity contribution in [2.75, 3.05) is 0 Å². The van der Waals surface area contributed by atoms with Gasteiger partial charge in [-0.05, 0) is 36.4 Å². The fourth-order valence-corrected chi connectivity index (χ4v) is 3.81. The molecular formula is C24H14Cl3F2N3O2. The first kappa shape index (κ1) is 23.9. The summed E-state index contributed by atoms with van der Waals surface area (Å²) in [6.07, 6.45) is 2.92. The van der Waals surface area contributed by atoms with Gasteiger partial charge in [-0.3, -0.25) is 9.36 Å². The van der Waals surface area contributed by atoms with Gasteiger partial charge in [-0.25, -0.2) is 13.8 Å². The Morgan fingerprint density at radius 3 is 2.44 bits per heavy atom. The molecule has 34 heavy (non-hydrogen) atoms. The molecule has 0 aliphatic carbocycles. The van der Waals surface area contributed by atoms with Crippen LogP contribution in [-0.4, -0.2) is 15.3 Å². The summed E-state index contributed by atoms with van der Waals surface area (Å²) in [6.45, 7) is 0.00641. The highest BCUT2D eigenvalue weighted by molar-refractivity contribution is 6.37. The van der Waals surface area contributed by atoms with Crippen LogP contribution >= 0.6 is 34.8 Å². The van der Waals surface area contributed by atoms with Crippen molar-refractivity contribution in [1.29, 1.82) is 0 Å². The zero-order valence-corrected chi connectivity index (χ0v) is 19.5. The molecule has 0 aliphatic heterocycles. The van der Waals surface area contributed by atoms with Gasteiger partial charge in [-0.1, -0.05) is 52.1 Å². The lowest BCUT2D eigenvalue weighted by atomic mass is 10.0. The number of hydrogen-bond acceptors (Lipinski definition) is 4. The molecule has 0 N–H and O–H groups in total. The molecule has 0 spiro atoms. The lowest BCUT2D eigenvalue weighted by Gasteiger charge is -2.13. The lowest BCUT2D eigenvalue weighted by Crippen LogP contribution is -2.20. The van der Waals surface area contributed by atoms with Crippen LogP contribution in [0.4, 0.5) is 8.78 Å². The Labute approximate surface area is 207 Å². The molecule has 2 aromatic carbocycles. The van der Waals surface area contributed by atoms with Crippen LogP contribution < -0.4 is 5.56 Å². The van der Waals surface area contributed by atoms with Crippen LogP contribution in [0.1, 0.15) is 16.7 Å². The molecule has 2 heterocycles. The molecule has 2 aromatic heterocycles. The third kappa shape index (κ3) is 5.28. The molecule has 0 radical (unpaired) electrons. The van der Waals surface area contributed by atoms with Crippen LogP contribution in [0, 0.1) is 11.6 Å². The van der Waals surface area contributed by atoms with E-state index in [0.717, 1.165) is 12.1 Å². The SMILES string of the molecule is O=c1ccc(/C(=N\OCc2ccc(Cl)nc2)c2ccc(F)cc2F)cn1-c1c(Cl)cccc1Cl. The van der Waals surface area contributed by atoms with Crippen LogP contribution in [0.25, 0.3) is 5.69 Å². The summed E-state index contributed by atoms with van der Waals surface area (Å²) in [5, 5.41) is 4.90. The summed E-state index contributed by atoms with van der Waals surface area (Å²) >= 11 is 18.3. The second-order valence-electron chi connectivity index (χ2n) is 7.02. The van der Waals surface area contributed by atoms with Gasteiger partial charge in [-0.2, -0.15) is 0 Å². The number of aromatic nitrogens is 2. The number of nitrogens with zero attached hydrogens (tertiary/aromatic N) is 3. The Kier molecular flexibility index (Phi) is 7.26. The highest BCUT2D eigenvalue weighted by atomic mass is 35.5. The minimum atomic E-state index is -0.857. The van der Waals surface area contributed by atoms with E-state index in [4.69, 9.17) is 39.6 Å². The monoisotopic (exact) mass is 519 g/mol. The summed E-state index contributed by atoms with van der Waals surface area (Å²) < 4.78 is 29.5. The van der Waals surface area contributed by atoms with Crippen molar-refractivity contribution in [2.24, 2.45) is 5.16 Å². The zero-order chi connectivity index (χ0) is 24.2. The molecule has 0 atom stereocenters. The van der Waals surface area contributed by atoms with Crippen molar-refractivity contribution >= 4 is 40.5 Å². The predicted octanol–water partition coefficient (Wildman–Crippen LogP) is 6.44. The highest BCUT2D eigenvalue weighted by Crippen LogP contribution is 2.28. The molecular weight excluding hydrogens is 507 g/mol. The number of halogens is 5. The molecule has 0 amide bonds. The molecule has 0 bridgehead atoms. The molecule has 10 heteroatoms. The van der Waals surface area contributed by atoms with Gasteiger partial charge in [0.25, 0.3) is 5.56 Å². The number of benzene rings is 2. The van der Waals surface area contributed by atoms with E-state index in [1.54, 1.807) is 30.3 Å². The maximum absolute atomic E-state index is 14.7. The number of para-hydroxylation sites is 1. The van der Waals surface area contributed by atoms with Gasteiger partial charge in [0.05, 0.1) is 15.7 Å². The number of hydrogen-bond donors (Lipinski definition) is 0. The maximum atomic E-state index is 14.7. The second kappa shape index (κ2) is 10.3. The Balaban J connectivity index is 1.80. The number of pyridine rings is 2. The second-order valence-corrected chi connectivity index (χ2v) is 8.22. The van der Waals surface area contributed by atoms with Crippen LogP contribution in [0.15, 0.2) is 83.0 Å². The molecule has 172 valence electrons. The van der Waals surface area contributed by atoms with E-state index >= 15 is 0 Å². The molecule has 5 nitrogen and oxygen atoms in total. The van der Waals surface area contributed by atoms with Gasteiger partial charge < -0.3 is 4.84 Å². The Bertz CT molecular complexity index is 1420. The van der Waals surface area contributed by atoms with Crippen molar-refractivity contribution in [2.45, 2.75) is 6.61 Å². The van der Waals surface area contributed by atoms with E-state index in [1.165, 1.54) is 35.2 Å². The average molecular weight is 521 g/mol. The summed E-state index contributed by atoms with van der Waals surface area (Å²) in [4.78, 5) is 22.0. The van der Waals surface area contributed by atoms with E-state index in [1.807, 2.05) is 0 Å². The first-order valence-corrected chi connectivity index (χ1v) is 10.9. The third-order valence-corrected chi connectivity index (χ3v) is 5.56. The molecule has 0 saturated heterocycles. The normalized spacial score (nSPS) is 11.5. The standard InChI is InChI=1S/C24H14Cl3F2N3O2/c25-18-2-1-3-19(26)24(18)32-12-15(5-9-22(32)33)23(17-7-6-16(28)10-20(17)29)31-34-13-14-4-8-21(27)30-11-14/h1-12H,13H2/b31-23+. The quantitative estimate of drug-likeness (QED) is 0.167. The minimum absolute atomic E-state index is 0.00641. The Hall–Kier alpha value is -3.26. The van der Waals surface area contributed by atoms with Crippen LogP contribution in [0.2, 0.25) is 15.2 Å². The van der Waals surface area contributed by atoms with E-state index in [9.17, 15) is 13.6 Å². The molecule has 0 fully saturated rings. The van der Waals surface area contributed by atoms with Crippen LogP contribution in [0.5, 0.6) is 0 Å². The van der Waals surface area contributed by atoms with Crippen molar-refractivity contribution in [3.8, 4) is 5.69 Å². The largest absolute Gasteiger partial charge is 0.390 e. The summed E-state index contributed by atoms with van der Waals surface area (Å²) in [5.41, 5.74) is 0.785. The average Bonchev–Trinajstić information content (AvgIpc) is 2.80. The van der Waals surface area contributed by atoms with Crippen LogP contribution in [-0.2, 0) is 11.4 Å². The van der Waals surface area contributed by atoms with E-state index in [-0.39, 0.29) is 33.6 Å². The fourth-order valence-electron chi connectivity index (χ4n) is 3.12. The van der Waals surface area contributed by atoms with Crippen molar-refractivity contribution < 1.29 is 13.6 Å². The fraction of sp³-hybridized carbons (Fsp3) is 0.0417. The van der Waals surface area contributed by atoms with Gasteiger partial charge in [0, 0.05) is 41.2 Å². The smallest absolute Gasteiger partial charge is 0.255 e. The maximum Gasteiger partial charge on any atom is 0.255 e. The van der Waals surface area contributed by atoms with E-state index in [2.05, 4.69) is 10.1 Å². The summed E-state index contributed by atoms with van der Waals surface area (Å²) in [7, 11) is 0. The van der Waals surface area contributed by atoms with Gasteiger partial charge in [0.2, 0.25) is 0 Å². The van der Waals surface area contributed by atoms with E-state index in [0.29, 0.717) is 16.3 Å². The first-order chi connectivity index (χ1) is 16.3. The zero-order valence-electron chi connectivity index (χ0n) is 17.2. The van der Waals surface area contributed by atoms with Crippen molar-refractivity contribution in [1.82, 2.24) is 9.55 Å². The van der Waals surface area contributed by atoms with Crippen LogP contribution in [0.3, 0.4) is 0 Å².